The van der Waals surface area contributed by atoms with Crippen LogP contribution in [0.2, 0.25) is 0 Å². The van der Waals surface area contributed by atoms with Gasteiger partial charge in [-0.3, -0.25) is 0 Å². The van der Waals surface area contributed by atoms with Crippen molar-refractivity contribution in [2.75, 3.05) is 6.54 Å². The Balaban J connectivity index is 2.57. The summed E-state index contributed by atoms with van der Waals surface area (Å²) in [6.45, 7) is 5.90. The highest BCUT2D eigenvalue weighted by Crippen LogP contribution is 2.08. The number of hydrogen-bond acceptors (Lipinski definition) is 2. The Morgan fingerprint density at radius 2 is 1.93 bits per heavy atom. The molecule has 0 aliphatic heterocycles. The maximum atomic E-state index is 5.54. The normalized spacial score (nSPS) is 12.8. The van der Waals surface area contributed by atoms with Crippen LogP contribution in [0.15, 0.2) is 24.3 Å². The third-order valence-corrected chi connectivity index (χ3v) is 2.49. The summed E-state index contributed by atoms with van der Waals surface area (Å²) in [4.78, 5) is 0. The summed E-state index contributed by atoms with van der Waals surface area (Å²) in [7, 11) is 0. The predicted molar refractivity (Wildman–Crippen MR) is 61.2 cm³/mol. The van der Waals surface area contributed by atoms with E-state index in [1.165, 1.54) is 11.1 Å². The van der Waals surface area contributed by atoms with Gasteiger partial charge in [-0.1, -0.05) is 31.2 Å². The number of aryl methyl sites for hydroxylation is 1. The van der Waals surface area contributed by atoms with Crippen LogP contribution >= 0.6 is 0 Å². The van der Waals surface area contributed by atoms with Crippen LogP contribution in [0.3, 0.4) is 0 Å². The summed E-state index contributed by atoms with van der Waals surface area (Å²) >= 11 is 0. The van der Waals surface area contributed by atoms with Gasteiger partial charge in [0.15, 0.2) is 0 Å². The molecule has 0 aliphatic rings. The van der Waals surface area contributed by atoms with Crippen molar-refractivity contribution in [1.82, 2.24) is 5.32 Å². The number of benzene rings is 1. The molecule has 78 valence electrons. The van der Waals surface area contributed by atoms with E-state index in [-0.39, 0.29) is 0 Å². The minimum Gasteiger partial charge on any atom is -0.329 e. The molecule has 1 rings (SSSR count). The van der Waals surface area contributed by atoms with Crippen LogP contribution in [0.5, 0.6) is 0 Å². The van der Waals surface area contributed by atoms with E-state index in [2.05, 4.69) is 43.4 Å². The van der Waals surface area contributed by atoms with E-state index < -0.39 is 0 Å². The second-order valence-corrected chi connectivity index (χ2v) is 3.64. The Hall–Kier alpha value is -0.860. The molecule has 0 radical (unpaired) electrons. The molecule has 0 unspecified atom stereocenters. The zero-order chi connectivity index (χ0) is 10.4. The molecule has 14 heavy (non-hydrogen) atoms. The first kappa shape index (κ1) is 11.2. The van der Waals surface area contributed by atoms with Crippen molar-refractivity contribution in [3.63, 3.8) is 0 Å². The molecule has 0 saturated heterocycles. The molecule has 0 spiro atoms. The van der Waals surface area contributed by atoms with Crippen molar-refractivity contribution >= 4 is 0 Å². The fourth-order valence-electron chi connectivity index (χ4n) is 1.44. The summed E-state index contributed by atoms with van der Waals surface area (Å²) in [5, 5.41) is 3.40. The van der Waals surface area contributed by atoms with Crippen molar-refractivity contribution in [2.24, 2.45) is 5.73 Å². The van der Waals surface area contributed by atoms with E-state index >= 15 is 0 Å². The van der Waals surface area contributed by atoms with Crippen LogP contribution in [0.4, 0.5) is 0 Å². The van der Waals surface area contributed by atoms with E-state index in [1.807, 2.05) is 0 Å². The van der Waals surface area contributed by atoms with Crippen LogP contribution < -0.4 is 11.1 Å². The number of nitrogens with one attached hydrogen (secondary N) is 1. The molecule has 1 aromatic rings. The van der Waals surface area contributed by atoms with Crippen LogP contribution in [0.25, 0.3) is 0 Å². The largest absolute Gasteiger partial charge is 0.329 e. The Morgan fingerprint density at radius 1 is 1.29 bits per heavy atom. The van der Waals surface area contributed by atoms with E-state index in [1.54, 1.807) is 0 Å². The summed E-state index contributed by atoms with van der Waals surface area (Å²) in [6.07, 6.45) is 1.09. The smallest absolute Gasteiger partial charge is 0.0211 e. The Kier molecular flexibility index (Phi) is 4.63. The number of hydrogen-bond donors (Lipinski definition) is 2. The molecule has 0 saturated carbocycles. The first-order chi connectivity index (χ1) is 6.77. The zero-order valence-corrected chi connectivity index (χ0v) is 9.09. The Bertz CT molecular complexity index is 271. The van der Waals surface area contributed by atoms with Gasteiger partial charge in [0.25, 0.3) is 0 Å². The van der Waals surface area contributed by atoms with Gasteiger partial charge in [0.05, 0.1) is 0 Å². The Morgan fingerprint density at radius 3 is 2.50 bits per heavy atom. The van der Waals surface area contributed by atoms with E-state index in [0.717, 1.165) is 13.0 Å². The highest BCUT2D eigenvalue weighted by Gasteiger charge is 2.01. The van der Waals surface area contributed by atoms with Gasteiger partial charge in [-0.05, 0) is 24.5 Å². The molecular formula is C12H20N2. The van der Waals surface area contributed by atoms with Gasteiger partial charge in [0.2, 0.25) is 0 Å². The molecule has 1 atom stereocenters. The van der Waals surface area contributed by atoms with E-state index in [9.17, 15) is 0 Å². The maximum Gasteiger partial charge on any atom is 0.0211 e. The van der Waals surface area contributed by atoms with Crippen LogP contribution in [-0.2, 0) is 13.0 Å². The van der Waals surface area contributed by atoms with Crippen LogP contribution in [0.1, 0.15) is 25.0 Å². The van der Waals surface area contributed by atoms with E-state index in [4.69, 9.17) is 5.73 Å². The molecule has 1 aromatic carbocycles. The van der Waals surface area contributed by atoms with Crippen molar-refractivity contribution < 1.29 is 0 Å². The molecule has 2 heteroatoms. The summed E-state index contributed by atoms with van der Waals surface area (Å²) in [6, 6.07) is 8.93. The highest BCUT2D eigenvalue weighted by atomic mass is 14.9. The average Bonchev–Trinajstić information content (AvgIpc) is 2.26. The lowest BCUT2D eigenvalue weighted by Crippen LogP contribution is -2.32. The fraction of sp³-hybridized carbons (Fsp3) is 0.500. The molecule has 0 fully saturated rings. The third-order valence-electron chi connectivity index (χ3n) is 2.49. The molecule has 0 amide bonds. The minimum atomic E-state index is 0.389. The molecule has 2 nitrogen and oxygen atoms in total. The lowest BCUT2D eigenvalue weighted by molar-refractivity contribution is 0.554. The van der Waals surface area contributed by atoms with Crippen molar-refractivity contribution in [3.8, 4) is 0 Å². The maximum absolute atomic E-state index is 5.54. The standard InChI is InChI=1S/C12H20N2/c1-3-11-6-4-5-7-12(11)9-14-10(2)8-13/h4-7,10,14H,3,8-9,13H2,1-2H3/t10-/m0/s1. The molecular weight excluding hydrogens is 172 g/mol. The average molecular weight is 192 g/mol. The van der Waals surface area contributed by atoms with Gasteiger partial charge in [0, 0.05) is 19.1 Å². The topological polar surface area (TPSA) is 38.0 Å². The van der Waals surface area contributed by atoms with Crippen molar-refractivity contribution in [1.29, 1.82) is 0 Å². The van der Waals surface area contributed by atoms with Gasteiger partial charge in [-0.15, -0.1) is 0 Å². The van der Waals surface area contributed by atoms with Gasteiger partial charge in [-0.25, -0.2) is 0 Å². The first-order valence-electron chi connectivity index (χ1n) is 5.28. The molecule has 0 aliphatic carbocycles. The summed E-state index contributed by atoms with van der Waals surface area (Å²) in [5.74, 6) is 0. The van der Waals surface area contributed by atoms with Gasteiger partial charge < -0.3 is 11.1 Å². The van der Waals surface area contributed by atoms with Gasteiger partial charge in [-0.2, -0.15) is 0 Å². The second kappa shape index (κ2) is 5.78. The zero-order valence-electron chi connectivity index (χ0n) is 9.09. The van der Waals surface area contributed by atoms with Crippen molar-refractivity contribution in [2.45, 2.75) is 32.9 Å². The lowest BCUT2D eigenvalue weighted by atomic mass is 10.1. The molecule has 3 N–H and O–H groups in total. The van der Waals surface area contributed by atoms with Crippen LogP contribution in [-0.4, -0.2) is 12.6 Å². The van der Waals surface area contributed by atoms with Gasteiger partial charge in [0.1, 0.15) is 0 Å². The minimum absolute atomic E-state index is 0.389. The second-order valence-electron chi connectivity index (χ2n) is 3.64. The molecule has 0 aromatic heterocycles. The monoisotopic (exact) mass is 192 g/mol. The fourth-order valence-corrected chi connectivity index (χ4v) is 1.44. The summed E-state index contributed by atoms with van der Waals surface area (Å²) < 4.78 is 0. The summed E-state index contributed by atoms with van der Waals surface area (Å²) in [5.41, 5.74) is 8.35. The van der Waals surface area contributed by atoms with Crippen molar-refractivity contribution in [3.05, 3.63) is 35.4 Å². The van der Waals surface area contributed by atoms with E-state index in [0.29, 0.717) is 12.6 Å². The number of nitrogens with two attached hydrogens (primary N) is 1. The lowest BCUT2D eigenvalue weighted by Gasteiger charge is -2.13. The quantitative estimate of drug-likeness (QED) is 0.745. The third kappa shape index (κ3) is 3.13. The number of rotatable bonds is 5. The highest BCUT2D eigenvalue weighted by molar-refractivity contribution is 5.26. The molecule has 0 bridgehead atoms. The van der Waals surface area contributed by atoms with Gasteiger partial charge >= 0.3 is 0 Å². The molecule has 0 heterocycles. The predicted octanol–water partition coefficient (Wildman–Crippen LogP) is 1.69. The van der Waals surface area contributed by atoms with Crippen LogP contribution in [0, 0.1) is 0 Å². The Labute approximate surface area is 86.5 Å². The SMILES string of the molecule is CCc1ccccc1CN[C@@H](C)CN. The first-order valence-corrected chi connectivity index (χ1v) is 5.28.